The molecule has 6 heteroatoms. The maximum Gasteiger partial charge on any atom is 0.224 e. The van der Waals surface area contributed by atoms with Crippen LogP contribution >= 0.6 is 23.7 Å². The van der Waals surface area contributed by atoms with Crippen LogP contribution in [0.2, 0.25) is 0 Å². The normalized spacial score (nSPS) is 9.91. The summed E-state index contributed by atoms with van der Waals surface area (Å²) in [6.07, 6.45) is 2.24. The van der Waals surface area contributed by atoms with Gasteiger partial charge in [0.2, 0.25) is 5.91 Å². The molecule has 1 aromatic heterocycles. The van der Waals surface area contributed by atoms with E-state index in [1.807, 2.05) is 0 Å². The van der Waals surface area contributed by atoms with Gasteiger partial charge in [-0.1, -0.05) is 0 Å². The molecule has 0 aliphatic heterocycles. The fourth-order valence-corrected chi connectivity index (χ4v) is 2.96. The van der Waals surface area contributed by atoms with Crippen LogP contribution in [0.25, 0.3) is 0 Å². The van der Waals surface area contributed by atoms with E-state index in [4.69, 9.17) is 10.5 Å². The molecule has 0 spiro atoms. The molecule has 1 amide bonds. The SMILES string of the molecule is COc1ccc(N)c(NC(=O)CCCc2ccc(C)s2)c1.Cl. The average Bonchev–Trinajstić information content (AvgIpc) is 2.87. The molecule has 0 bridgehead atoms. The fraction of sp³-hybridized carbons (Fsp3) is 0.312. The summed E-state index contributed by atoms with van der Waals surface area (Å²) in [5.74, 6) is 0.650. The number of halogens is 1. The second-order valence-electron chi connectivity index (χ2n) is 4.87. The van der Waals surface area contributed by atoms with Crippen molar-refractivity contribution in [2.75, 3.05) is 18.2 Å². The summed E-state index contributed by atoms with van der Waals surface area (Å²) in [5.41, 5.74) is 6.99. The number of nitrogens with two attached hydrogens (primary N) is 1. The van der Waals surface area contributed by atoms with Crippen molar-refractivity contribution >= 4 is 41.0 Å². The highest BCUT2D eigenvalue weighted by Crippen LogP contribution is 2.24. The number of anilines is 2. The summed E-state index contributed by atoms with van der Waals surface area (Å²) in [7, 11) is 1.58. The van der Waals surface area contributed by atoms with E-state index in [0.29, 0.717) is 23.5 Å². The Bertz CT molecular complexity index is 628. The van der Waals surface area contributed by atoms with Crippen LogP contribution in [0.4, 0.5) is 11.4 Å². The van der Waals surface area contributed by atoms with Crippen LogP contribution in [-0.2, 0) is 11.2 Å². The van der Waals surface area contributed by atoms with Gasteiger partial charge < -0.3 is 15.8 Å². The minimum Gasteiger partial charge on any atom is -0.497 e. The Morgan fingerprint density at radius 1 is 1.32 bits per heavy atom. The molecule has 0 atom stereocenters. The molecule has 0 saturated heterocycles. The zero-order valence-corrected chi connectivity index (χ0v) is 14.4. The fourth-order valence-electron chi connectivity index (χ4n) is 2.03. The number of carbonyl (C=O) groups is 1. The zero-order chi connectivity index (χ0) is 15.2. The summed E-state index contributed by atoms with van der Waals surface area (Å²) in [6.45, 7) is 2.09. The van der Waals surface area contributed by atoms with Gasteiger partial charge in [0.05, 0.1) is 18.5 Å². The number of carbonyl (C=O) groups excluding carboxylic acids is 1. The first kappa shape index (κ1) is 18.3. The Labute approximate surface area is 141 Å². The molecule has 3 N–H and O–H groups in total. The Hall–Kier alpha value is -1.72. The lowest BCUT2D eigenvalue weighted by Gasteiger charge is -2.09. The predicted molar refractivity (Wildman–Crippen MR) is 95.3 cm³/mol. The molecule has 0 aliphatic rings. The molecular formula is C16H21ClN2O2S. The third kappa shape index (κ3) is 5.24. The lowest BCUT2D eigenvalue weighted by molar-refractivity contribution is -0.116. The van der Waals surface area contributed by atoms with Crippen molar-refractivity contribution < 1.29 is 9.53 Å². The zero-order valence-electron chi connectivity index (χ0n) is 12.7. The first-order chi connectivity index (χ1) is 10.1. The number of amides is 1. The number of hydrogen-bond donors (Lipinski definition) is 2. The van der Waals surface area contributed by atoms with Crippen molar-refractivity contribution in [1.82, 2.24) is 0 Å². The third-order valence-corrected chi connectivity index (χ3v) is 4.22. The number of thiophene rings is 1. The van der Waals surface area contributed by atoms with E-state index >= 15 is 0 Å². The molecule has 0 saturated carbocycles. The van der Waals surface area contributed by atoms with Crippen LogP contribution in [0.1, 0.15) is 22.6 Å². The van der Waals surface area contributed by atoms with E-state index < -0.39 is 0 Å². The van der Waals surface area contributed by atoms with E-state index in [1.165, 1.54) is 9.75 Å². The lowest BCUT2D eigenvalue weighted by atomic mass is 10.2. The van der Waals surface area contributed by atoms with Crippen molar-refractivity contribution in [2.45, 2.75) is 26.2 Å². The number of hydrogen-bond acceptors (Lipinski definition) is 4. The van der Waals surface area contributed by atoms with Gasteiger partial charge in [-0.15, -0.1) is 23.7 Å². The molecule has 0 radical (unpaired) electrons. The van der Waals surface area contributed by atoms with E-state index in [0.717, 1.165) is 12.8 Å². The largest absolute Gasteiger partial charge is 0.497 e. The number of methoxy groups -OCH3 is 1. The Kier molecular flexibility index (Phi) is 7.21. The number of nitrogens with one attached hydrogen (secondary N) is 1. The minimum absolute atomic E-state index is 0. The van der Waals surface area contributed by atoms with E-state index in [1.54, 1.807) is 36.6 Å². The molecule has 2 aromatic rings. The molecule has 4 nitrogen and oxygen atoms in total. The smallest absolute Gasteiger partial charge is 0.224 e. The summed E-state index contributed by atoms with van der Waals surface area (Å²) in [5, 5.41) is 2.84. The van der Waals surface area contributed by atoms with Gasteiger partial charge in [0.15, 0.2) is 0 Å². The molecule has 0 fully saturated rings. The van der Waals surface area contributed by atoms with E-state index in [2.05, 4.69) is 24.4 Å². The summed E-state index contributed by atoms with van der Waals surface area (Å²) < 4.78 is 5.13. The van der Waals surface area contributed by atoms with Gasteiger partial charge in [-0.2, -0.15) is 0 Å². The van der Waals surface area contributed by atoms with Crippen LogP contribution in [0.5, 0.6) is 5.75 Å². The lowest BCUT2D eigenvalue weighted by Crippen LogP contribution is -2.12. The van der Waals surface area contributed by atoms with Crippen LogP contribution in [0, 0.1) is 6.92 Å². The van der Waals surface area contributed by atoms with Crippen LogP contribution in [0.15, 0.2) is 30.3 Å². The van der Waals surface area contributed by atoms with Gasteiger partial charge in [-0.25, -0.2) is 0 Å². The molecule has 0 unspecified atom stereocenters. The van der Waals surface area contributed by atoms with E-state index in [9.17, 15) is 4.79 Å². The molecule has 22 heavy (non-hydrogen) atoms. The van der Waals surface area contributed by atoms with E-state index in [-0.39, 0.29) is 18.3 Å². The summed E-state index contributed by atoms with van der Waals surface area (Å²) in [6, 6.07) is 9.46. The average molecular weight is 341 g/mol. The second kappa shape index (κ2) is 8.66. The van der Waals surface area contributed by atoms with Gasteiger partial charge in [-0.3, -0.25) is 4.79 Å². The third-order valence-electron chi connectivity index (χ3n) is 3.16. The molecule has 120 valence electrons. The maximum atomic E-state index is 12.0. The molecule has 2 rings (SSSR count). The molecule has 0 aliphatic carbocycles. The molecule has 1 aromatic carbocycles. The summed E-state index contributed by atoms with van der Waals surface area (Å²) >= 11 is 1.78. The first-order valence-corrected chi connectivity index (χ1v) is 7.69. The van der Waals surface area contributed by atoms with Gasteiger partial charge in [0, 0.05) is 22.2 Å². The first-order valence-electron chi connectivity index (χ1n) is 6.87. The maximum absolute atomic E-state index is 12.0. The number of aryl methyl sites for hydroxylation is 2. The Balaban J connectivity index is 0.00000242. The van der Waals surface area contributed by atoms with Crippen molar-refractivity contribution in [3.05, 3.63) is 40.1 Å². The topological polar surface area (TPSA) is 64.3 Å². The highest BCUT2D eigenvalue weighted by molar-refractivity contribution is 7.11. The highest BCUT2D eigenvalue weighted by Gasteiger charge is 2.07. The number of benzene rings is 1. The number of nitrogen functional groups attached to an aromatic ring is 1. The quantitative estimate of drug-likeness (QED) is 0.780. The van der Waals surface area contributed by atoms with Crippen LogP contribution in [0.3, 0.4) is 0 Å². The molecule has 1 heterocycles. The number of rotatable bonds is 6. The monoisotopic (exact) mass is 340 g/mol. The molecular weight excluding hydrogens is 320 g/mol. The van der Waals surface area contributed by atoms with Crippen LogP contribution in [-0.4, -0.2) is 13.0 Å². The highest BCUT2D eigenvalue weighted by atomic mass is 35.5. The van der Waals surface area contributed by atoms with Crippen LogP contribution < -0.4 is 15.8 Å². The van der Waals surface area contributed by atoms with Crippen molar-refractivity contribution in [1.29, 1.82) is 0 Å². The van der Waals surface area contributed by atoms with Gasteiger partial charge in [0.1, 0.15) is 5.75 Å². The minimum atomic E-state index is -0.0248. The predicted octanol–water partition coefficient (Wildman–Crippen LogP) is 4.03. The number of ether oxygens (including phenoxy) is 1. The Morgan fingerprint density at radius 2 is 2.09 bits per heavy atom. The standard InChI is InChI=1S/C16H20N2O2S.ClH/c1-11-6-8-13(21-11)4-3-5-16(19)18-15-10-12(20-2)7-9-14(15)17;/h6-10H,3-5,17H2,1-2H3,(H,18,19);1H. The van der Waals surface area contributed by atoms with Crippen molar-refractivity contribution in [3.8, 4) is 5.75 Å². The van der Waals surface area contributed by atoms with Gasteiger partial charge in [0.25, 0.3) is 0 Å². The summed E-state index contributed by atoms with van der Waals surface area (Å²) in [4.78, 5) is 14.6. The second-order valence-corrected chi connectivity index (χ2v) is 6.24. The van der Waals surface area contributed by atoms with Gasteiger partial charge >= 0.3 is 0 Å². The van der Waals surface area contributed by atoms with Crippen molar-refractivity contribution in [2.24, 2.45) is 0 Å². The van der Waals surface area contributed by atoms with Crippen molar-refractivity contribution in [3.63, 3.8) is 0 Å². The Morgan fingerprint density at radius 3 is 2.73 bits per heavy atom. The van der Waals surface area contributed by atoms with Gasteiger partial charge in [-0.05, 0) is 44.0 Å².